The Morgan fingerprint density at radius 3 is 0.902 bits per heavy atom. The zero-order chi connectivity index (χ0) is 95.0. The summed E-state index contributed by atoms with van der Waals surface area (Å²) in [6.45, 7) is 28.9. The number of amides is 6. The minimum Gasteiger partial charge on any atom is -0.443 e. The van der Waals surface area contributed by atoms with Gasteiger partial charge in [-0.2, -0.15) is 0 Å². The molecule has 6 amide bonds. The lowest BCUT2D eigenvalue weighted by Gasteiger charge is -2.23. The van der Waals surface area contributed by atoms with Gasteiger partial charge in [0.2, 0.25) is 0 Å². The van der Waals surface area contributed by atoms with Gasteiger partial charge in [0.15, 0.2) is 0 Å². The van der Waals surface area contributed by atoms with Crippen LogP contribution in [-0.2, 0) is 88.8 Å². The van der Waals surface area contributed by atoms with Gasteiger partial charge in [-0.15, -0.1) is 0 Å². The van der Waals surface area contributed by atoms with Gasteiger partial charge in [-0.1, -0.05) is 39.0 Å². The summed E-state index contributed by atoms with van der Waals surface area (Å²) >= 11 is 0. The molecule has 0 bridgehead atoms. The highest BCUT2D eigenvalue weighted by atomic mass is 16.6. The van der Waals surface area contributed by atoms with E-state index in [0.717, 1.165) is 127 Å². The largest absolute Gasteiger partial charge is 0.443 e. The maximum atomic E-state index is 13.9. The predicted molar refractivity (Wildman–Crippen MR) is 510 cm³/mol. The van der Waals surface area contributed by atoms with E-state index < -0.39 is 52.8 Å². The summed E-state index contributed by atoms with van der Waals surface area (Å²) in [5.41, 5.74) is 15.4. The molecule has 33 heteroatoms. The molecule has 0 saturated carbocycles. The van der Waals surface area contributed by atoms with Crippen LogP contribution in [0, 0.1) is 5.92 Å². The summed E-state index contributed by atoms with van der Waals surface area (Å²) in [5, 5.41) is 12.8. The number of carbonyl (C=O) groups excluding carboxylic acids is 6. The Bertz CT molecular complexity index is 5810. The fourth-order valence-corrected chi connectivity index (χ4v) is 17.3. The predicted octanol–water partition coefficient (Wildman–Crippen LogP) is 17.4. The van der Waals surface area contributed by atoms with Crippen molar-refractivity contribution < 1.29 is 57.2 Å². The van der Waals surface area contributed by atoms with Gasteiger partial charge >= 0.3 is 18.3 Å². The van der Waals surface area contributed by atoms with Gasteiger partial charge < -0.3 is 72.8 Å². The molecule has 6 aliphatic heterocycles. The molecule has 6 aliphatic rings. The molecule has 133 heavy (non-hydrogen) atoms. The van der Waals surface area contributed by atoms with E-state index in [4.69, 9.17) is 58.3 Å². The zero-order valence-corrected chi connectivity index (χ0v) is 80.0. The van der Waals surface area contributed by atoms with Crippen LogP contribution in [0.2, 0.25) is 0 Å². The monoisotopic (exact) mass is 1810 g/mol. The molecular weight excluding hydrogens is 1690 g/mol. The minimum absolute atomic E-state index is 0.0392. The zero-order valence-electron chi connectivity index (χ0n) is 80.0. The Balaban J connectivity index is 0.000000149. The summed E-state index contributed by atoms with van der Waals surface area (Å²) in [4.78, 5) is 134. The quantitative estimate of drug-likeness (QED) is 0.0672. The van der Waals surface area contributed by atoms with E-state index in [1.54, 1.807) is 99.5 Å². The molecule has 3 N–H and O–H groups in total. The second kappa shape index (κ2) is 39.0. The number of ether oxygens (including phenoxy) is 6. The number of anilines is 6. The van der Waals surface area contributed by atoms with Crippen molar-refractivity contribution in [3.8, 4) is 33.8 Å². The maximum absolute atomic E-state index is 13.9. The number of aromatic nitrogens is 12. The van der Waals surface area contributed by atoms with Crippen LogP contribution in [0.4, 0.5) is 48.9 Å². The molecule has 12 aromatic rings. The molecule has 33 nitrogen and oxygen atoms in total. The fraction of sp³-hybridized carbons (Fsp3) is 0.430. The number of rotatable bonds is 18. The van der Waals surface area contributed by atoms with Crippen LogP contribution in [0.3, 0.4) is 0 Å². The van der Waals surface area contributed by atoms with Crippen molar-refractivity contribution in [1.29, 1.82) is 0 Å². The molecule has 0 aliphatic carbocycles. The highest BCUT2D eigenvalue weighted by Crippen LogP contribution is 2.45. The summed E-state index contributed by atoms with van der Waals surface area (Å²) in [6, 6.07) is 23.7. The first kappa shape index (κ1) is 94.6. The average molecular weight is 1810 g/mol. The van der Waals surface area contributed by atoms with Gasteiger partial charge in [-0.25, -0.2) is 59.0 Å². The first-order valence-electron chi connectivity index (χ1n) is 45.1. The van der Waals surface area contributed by atoms with E-state index in [1.165, 1.54) is 16.7 Å². The molecule has 3 saturated heterocycles. The van der Waals surface area contributed by atoms with Crippen LogP contribution >= 0.6 is 0 Å². The average Bonchev–Trinajstić information content (AvgIpc) is 1.61. The van der Waals surface area contributed by atoms with Crippen molar-refractivity contribution in [2.45, 2.75) is 176 Å². The van der Waals surface area contributed by atoms with Gasteiger partial charge in [0.1, 0.15) is 51.2 Å². The first-order valence-corrected chi connectivity index (χ1v) is 45.1. The lowest BCUT2D eigenvalue weighted by Crippen LogP contribution is -2.37. The number of fused-ring (bicyclic) bond motifs is 6. The van der Waals surface area contributed by atoms with Gasteiger partial charge in [0, 0.05) is 165 Å². The Hall–Kier alpha value is -13.1. The van der Waals surface area contributed by atoms with Crippen molar-refractivity contribution in [3.05, 3.63) is 196 Å². The standard InChI is InChI=1S/3C32H37N7O4.C4H10/c3*1-32(2,3)43-31(41)39-16-23-27(30(39)40)24(15-34-28(23)21-9-12-33-29-22(21)10-13-38(29)6)35-26-8-7-20(19-11-14-42-18-19)25(36-26)17-37(4)5;1-4(2)3/h3*7-10,12-13,15,19H,11,14,16-18H2,1-6H3,(H,35,36);4H,1-3H3/t2*19-;;/m10../s1. The van der Waals surface area contributed by atoms with E-state index >= 15 is 0 Å². The van der Waals surface area contributed by atoms with Crippen LogP contribution in [0.25, 0.3) is 66.9 Å². The van der Waals surface area contributed by atoms with Crippen molar-refractivity contribution in [3.63, 3.8) is 0 Å². The normalized spacial score (nSPS) is 16.5. The lowest BCUT2D eigenvalue weighted by atomic mass is 9.96. The molecule has 1 unspecified atom stereocenters. The van der Waals surface area contributed by atoms with E-state index in [0.29, 0.717) is 142 Å². The van der Waals surface area contributed by atoms with E-state index in [2.05, 4.69) is 84.6 Å². The molecule has 18 heterocycles. The molecule has 12 aromatic heterocycles. The van der Waals surface area contributed by atoms with E-state index in [-0.39, 0.29) is 19.6 Å². The van der Waals surface area contributed by atoms with E-state index in [9.17, 15) is 28.8 Å². The summed E-state index contributed by atoms with van der Waals surface area (Å²) in [5.74, 6) is 2.20. The lowest BCUT2D eigenvalue weighted by molar-refractivity contribution is 0.0231. The highest BCUT2D eigenvalue weighted by Gasteiger charge is 2.44. The number of nitrogens with one attached hydrogen (secondary N) is 3. The van der Waals surface area contributed by atoms with Gasteiger partial charge in [-0.3, -0.25) is 29.3 Å². The first-order chi connectivity index (χ1) is 63.2. The fourth-order valence-electron chi connectivity index (χ4n) is 17.3. The van der Waals surface area contributed by atoms with Crippen LogP contribution in [0.15, 0.2) is 129 Å². The van der Waals surface area contributed by atoms with Crippen LogP contribution in [0.5, 0.6) is 0 Å². The number of pyridine rings is 9. The number of hydrogen-bond acceptors (Lipinski definition) is 27. The Morgan fingerprint density at radius 2 is 0.669 bits per heavy atom. The van der Waals surface area contributed by atoms with E-state index in [1.807, 2.05) is 150 Å². The van der Waals surface area contributed by atoms with Crippen LogP contribution in [0.1, 0.15) is 202 Å². The molecule has 3 atom stereocenters. The third-order valence-electron chi connectivity index (χ3n) is 23.1. The third kappa shape index (κ3) is 21.1. The molecule has 3 fully saturated rings. The Labute approximate surface area is 775 Å². The topological polar surface area (TPSA) is 344 Å². The number of hydrogen-bond donors (Lipinski definition) is 3. The smallest absolute Gasteiger partial charge is 0.417 e. The molecule has 0 spiro atoms. The SMILES string of the molecule is CC(C)C.CN(C)Cc1nc(Nc2cnc(-c3ccnc4c3ccn4C)c3c2C(=O)N(C(=O)OC(C)(C)C)C3)ccc1C1CCOC1.CN(C)Cc1nc(Nc2cnc(-c3ccnc4c3ccn4C)c3c2C(=O)N(C(=O)OC(C)(C)C)C3)ccc1[C@@H]1CCOC1.CN(C)Cc1nc(Nc2cnc(-c3ccnc4c3ccn4C)c3c2C(=O)N(C(=O)OC(C)(C)C)C3)ccc1[C@H]1CCOC1. The van der Waals surface area contributed by atoms with Gasteiger partial charge in [0.05, 0.1) is 126 Å². The second-order valence-electron chi connectivity index (χ2n) is 39.0. The van der Waals surface area contributed by atoms with Crippen molar-refractivity contribution >= 4 is 104 Å². The van der Waals surface area contributed by atoms with Crippen LogP contribution < -0.4 is 16.0 Å². The summed E-state index contributed by atoms with van der Waals surface area (Å²) in [6.07, 6.45) is 16.7. The molecule has 698 valence electrons. The Kier molecular flexibility index (Phi) is 27.7. The van der Waals surface area contributed by atoms with Gasteiger partial charge in [-0.05, 0) is 201 Å². The Morgan fingerprint density at radius 1 is 0.406 bits per heavy atom. The summed E-state index contributed by atoms with van der Waals surface area (Å²) in [7, 11) is 17.9. The number of aryl methyl sites for hydroxylation is 3. The maximum Gasteiger partial charge on any atom is 0.417 e. The number of imide groups is 3. The molecular formula is C100H121N21O12. The van der Waals surface area contributed by atoms with Gasteiger partial charge in [0.25, 0.3) is 17.7 Å². The third-order valence-corrected chi connectivity index (χ3v) is 23.1. The van der Waals surface area contributed by atoms with Crippen molar-refractivity contribution in [2.24, 2.45) is 27.1 Å². The number of carbonyl (C=O) groups is 6. The molecule has 18 rings (SSSR count). The van der Waals surface area contributed by atoms with Crippen LogP contribution in [-0.4, -0.2) is 223 Å². The van der Waals surface area contributed by atoms with Crippen molar-refractivity contribution in [2.75, 3.05) is 97.9 Å². The minimum atomic E-state index is -0.755. The summed E-state index contributed by atoms with van der Waals surface area (Å²) < 4.78 is 39.5. The molecule has 0 radical (unpaired) electrons. The van der Waals surface area contributed by atoms with Crippen molar-refractivity contribution in [1.82, 2.24) is 88.0 Å². The second-order valence-corrected chi connectivity index (χ2v) is 39.0. The number of nitrogens with zero attached hydrogens (tertiary/aromatic N) is 18. The molecule has 0 aromatic carbocycles. The highest BCUT2D eigenvalue weighted by molar-refractivity contribution is 6.14.